The van der Waals surface area contributed by atoms with Crippen molar-refractivity contribution in [3.8, 4) is 11.3 Å². The maximum Gasteiger partial charge on any atom is 0.435 e. The van der Waals surface area contributed by atoms with E-state index < -0.39 is 28.3 Å². The van der Waals surface area contributed by atoms with E-state index in [0.29, 0.717) is 15.0 Å². The molecule has 162 valence electrons. The third-order valence-electron chi connectivity index (χ3n) is 4.49. The molecule has 0 aliphatic carbocycles. The van der Waals surface area contributed by atoms with Crippen LogP contribution in [0.1, 0.15) is 5.76 Å². The van der Waals surface area contributed by atoms with E-state index in [9.17, 15) is 28.1 Å². The van der Waals surface area contributed by atoms with E-state index in [4.69, 9.17) is 4.42 Å². The van der Waals surface area contributed by atoms with E-state index in [2.05, 4.69) is 21.0 Å². The third-order valence-corrected chi connectivity index (χ3v) is 5.15. The fraction of sp³-hybridized carbons (Fsp3) is 0.0476. The van der Waals surface area contributed by atoms with Crippen molar-refractivity contribution < 1.29 is 27.3 Å². The molecule has 0 radical (unpaired) electrons. The topological polar surface area (TPSA) is 88.9 Å². The standard InChI is InChI=1S/C21H11BrF3N3O4/c22-17-10-13(28(30)31)6-8-15(17)18-9-7-14(32-18)11-16-19(21(23,24)25)26-27(20(16)29)12-4-2-1-3-5-12/h1-11H/b16-11-. The number of carbonyl (C=O) groups excluding carboxylic acids is 1. The van der Waals surface area contributed by atoms with Gasteiger partial charge in [0.1, 0.15) is 11.5 Å². The Kier molecular flexibility index (Phi) is 5.43. The molecule has 0 saturated carbocycles. The molecule has 1 aliphatic heterocycles. The molecule has 0 N–H and O–H groups in total. The minimum absolute atomic E-state index is 0.0135. The van der Waals surface area contributed by atoms with Gasteiger partial charge in [0, 0.05) is 22.2 Å². The first-order chi connectivity index (χ1) is 15.1. The van der Waals surface area contributed by atoms with Gasteiger partial charge in [-0.1, -0.05) is 18.2 Å². The van der Waals surface area contributed by atoms with E-state index in [-0.39, 0.29) is 22.9 Å². The zero-order valence-corrected chi connectivity index (χ0v) is 17.4. The Hall–Kier alpha value is -3.73. The number of halogens is 4. The van der Waals surface area contributed by atoms with E-state index in [1.54, 1.807) is 18.2 Å². The maximum atomic E-state index is 13.6. The number of para-hydroxylation sites is 1. The van der Waals surface area contributed by atoms with Crippen LogP contribution in [0, 0.1) is 10.1 Å². The second-order valence-corrected chi connectivity index (χ2v) is 7.43. The van der Waals surface area contributed by atoms with Crippen LogP contribution in [0.5, 0.6) is 0 Å². The quantitative estimate of drug-likeness (QED) is 0.248. The summed E-state index contributed by atoms with van der Waals surface area (Å²) in [4.78, 5) is 23.1. The highest BCUT2D eigenvalue weighted by atomic mass is 79.9. The summed E-state index contributed by atoms with van der Waals surface area (Å²) in [6, 6.07) is 14.6. The molecule has 0 bridgehead atoms. The molecule has 0 spiro atoms. The minimum Gasteiger partial charge on any atom is -0.457 e. The number of non-ortho nitro benzene ring substituents is 1. The largest absolute Gasteiger partial charge is 0.457 e. The first-order valence-electron chi connectivity index (χ1n) is 8.96. The Balaban J connectivity index is 1.71. The molecule has 32 heavy (non-hydrogen) atoms. The van der Waals surface area contributed by atoms with Crippen molar-refractivity contribution in [2.75, 3.05) is 5.01 Å². The summed E-state index contributed by atoms with van der Waals surface area (Å²) in [5.74, 6) is -0.715. The van der Waals surface area contributed by atoms with Crippen LogP contribution >= 0.6 is 15.9 Å². The molecule has 2 aromatic carbocycles. The molecule has 4 rings (SSSR count). The van der Waals surface area contributed by atoms with Crippen molar-refractivity contribution in [1.29, 1.82) is 0 Å². The van der Waals surface area contributed by atoms with Crippen LogP contribution < -0.4 is 5.01 Å². The lowest BCUT2D eigenvalue weighted by molar-refractivity contribution is -0.384. The van der Waals surface area contributed by atoms with Gasteiger partial charge in [0.25, 0.3) is 11.6 Å². The van der Waals surface area contributed by atoms with Crippen LogP contribution in [0.2, 0.25) is 0 Å². The number of benzene rings is 2. The number of nitro benzene ring substituents is 1. The Bertz CT molecular complexity index is 1280. The predicted octanol–water partition coefficient (Wildman–Crippen LogP) is 5.97. The molecule has 2 heterocycles. The normalized spacial score (nSPS) is 15.4. The number of rotatable bonds is 4. The summed E-state index contributed by atoms with van der Waals surface area (Å²) >= 11 is 3.22. The van der Waals surface area contributed by atoms with Crippen LogP contribution in [0.4, 0.5) is 24.5 Å². The van der Waals surface area contributed by atoms with Crippen LogP contribution in [0.15, 0.2) is 80.2 Å². The van der Waals surface area contributed by atoms with E-state index in [1.165, 1.54) is 42.5 Å². The number of amides is 1. The number of hydrazone groups is 1. The highest BCUT2D eigenvalue weighted by molar-refractivity contribution is 9.10. The van der Waals surface area contributed by atoms with Crippen molar-refractivity contribution in [3.63, 3.8) is 0 Å². The first-order valence-corrected chi connectivity index (χ1v) is 9.76. The first kappa shape index (κ1) is 21.5. The monoisotopic (exact) mass is 505 g/mol. The van der Waals surface area contributed by atoms with Gasteiger partial charge in [-0.25, -0.2) is 0 Å². The molecular weight excluding hydrogens is 495 g/mol. The predicted molar refractivity (Wildman–Crippen MR) is 114 cm³/mol. The number of anilines is 1. The second-order valence-electron chi connectivity index (χ2n) is 6.58. The smallest absolute Gasteiger partial charge is 0.435 e. The van der Waals surface area contributed by atoms with Crippen molar-refractivity contribution >= 4 is 45.0 Å². The highest BCUT2D eigenvalue weighted by Gasteiger charge is 2.47. The van der Waals surface area contributed by atoms with Crippen molar-refractivity contribution in [2.24, 2.45) is 5.10 Å². The van der Waals surface area contributed by atoms with Gasteiger partial charge in [0.2, 0.25) is 0 Å². The summed E-state index contributed by atoms with van der Waals surface area (Å²) in [7, 11) is 0. The summed E-state index contributed by atoms with van der Waals surface area (Å²) in [6.45, 7) is 0. The van der Waals surface area contributed by atoms with Gasteiger partial charge in [0.05, 0.1) is 16.2 Å². The zero-order chi connectivity index (χ0) is 23.0. The van der Waals surface area contributed by atoms with E-state index in [0.717, 1.165) is 6.08 Å². The number of hydrogen-bond donors (Lipinski definition) is 0. The molecular formula is C21H11BrF3N3O4. The van der Waals surface area contributed by atoms with Gasteiger partial charge < -0.3 is 4.42 Å². The van der Waals surface area contributed by atoms with Gasteiger partial charge in [-0.2, -0.15) is 23.3 Å². The van der Waals surface area contributed by atoms with Gasteiger partial charge in [-0.15, -0.1) is 0 Å². The van der Waals surface area contributed by atoms with E-state index in [1.807, 2.05) is 0 Å². The Morgan fingerprint density at radius 1 is 1.09 bits per heavy atom. The maximum absolute atomic E-state index is 13.6. The number of furan rings is 1. The summed E-state index contributed by atoms with van der Waals surface area (Å²) in [5.41, 5.74) is -1.49. The summed E-state index contributed by atoms with van der Waals surface area (Å²) < 4.78 is 46.6. The van der Waals surface area contributed by atoms with Crippen LogP contribution in [0.25, 0.3) is 17.4 Å². The third kappa shape index (κ3) is 4.06. The van der Waals surface area contributed by atoms with Gasteiger partial charge in [0.15, 0.2) is 5.71 Å². The zero-order valence-electron chi connectivity index (χ0n) is 15.8. The fourth-order valence-electron chi connectivity index (χ4n) is 3.03. The lowest BCUT2D eigenvalue weighted by Gasteiger charge is -2.10. The molecule has 1 aliphatic rings. The molecule has 11 heteroatoms. The highest BCUT2D eigenvalue weighted by Crippen LogP contribution is 2.35. The molecule has 1 aromatic heterocycles. The Labute approximate surface area is 186 Å². The Morgan fingerprint density at radius 2 is 1.81 bits per heavy atom. The molecule has 1 amide bonds. The number of nitro groups is 1. The number of alkyl halides is 3. The minimum atomic E-state index is -4.86. The SMILES string of the molecule is O=C1/C(=C\c2ccc(-c3ccc([N+](=O)[O-])cc3Br)o2)C(C(F)(F)F)=NN1c1ccccc1. The van der Waals surface area contributed by atoms with Crippen molar-refractivity contribution in [1.82, 2.24) is 0 Å². The van der Waals surface area contributed by atoms with Crippen molar-refractivity contribution in [3.05, 3.63) is 86.6 Å². The average molecular weight is 506 g/mol. The molecule has 3 aromatic rings. The Morgan fingerprint density at radius 3 is 2.44 bits per heavy atom. The summed E-state index contributed by atoms with van der Waals surface area (Å²) in [5, 5.41) is 15.1. The van der Waals surface area contributed by atoms with Crippen LogP contribution in [0.3, 0.4) is 0 Å². The molecule has 0 fully saturated rings. The molecule has 0 unspecified atom stereocenters. The average Bonchev–Trinajstić information content (AvgIpc) is 3.33. The van der Waals surface area contributed by atoms with E-state index >= 15 is 0 Å². The number of nitrogens with zero attached hydrogens (tertiary/aromatic N) is 3. The van der Waals surface area contributed by atoms with Crippen LogP contribution in [-0.4, -0.2) is 22.7 Å². The number of carbonyl (C=O) groups is 1. The lowest BCUT2D eigenvalue weighted by atomic mass is 10.1. The number of hydrogen-bond acceptors (Lipinski definition) is 5. The fourth-order valence-corrected chi connectivity index (χ4v) is 3.60. The summed E-state index contributed by atoms with van der Waals surface area (Å²) in [6.07, 6.45) is -3.89. The van der Waals surface area contributed by atoms with Crippen LogP contribution in [-0.2, 0) is 4.79 Å². The molecule has 7 nitrogen and oxygen atoms in total. The van der Waals surface area contributed by atoms with Gasteiger partial charge in [-0.3, -0.25) is 14.9 Å². The molecule has 0 saturated heterocycles. The van der Waals surface area contributed by atoms with Gasteiger partial charge >= 0.3 is 6.18 Å². The lowest BCUT2D eigenvalue weighted by Crippen LogP contribution is -2.25. The van der Waals surface area contributed by atoms with Crippen molar-refractivity contribution in [2.45, 2.75) is 6.18 Å². The second kappa shape index (κ2) is 8.08. The molecule has 0 atom stereocenters. The van der Waals surface area contributed by atoms with Gasteiger partial charge in [-0.05, 0) is 52.3 Å².